The maximum atomic E-state index is 4.31. The maximum Gasteiger partial charge on any atom is 0.126 e. The lowest BCUT2D eigenvalue weighted by Crippen LogP contribution is -2.27. The first-order valence-corrected chi connectivity index (χ1v) is 7.10. The summed E-state index contributed by atoms with van der Waals surface area (Å²) in [5.41, 5.74) is 1.34. The van der Waals surface area contributed by atoms with Crippen LogP contribution in [0.25, 0.3) is 0 Å². The van der Waals surface area contributed by atoms with Gasteiger partial charge in [0.2, 0.25) is 0 Å². The molecule has 1 unspecified atom stereocenters. The molecular formula is C15H27N3. The third kappa shape index (κ3) is 5.05. The molecule has 0 aliphatic heterocycles. The lowest BCUT2D eigenvalue weighted by Gasteiger charge is -2.23. The number of hydrogen-bond donors (Lipinski definition) is 1. The minimum Gasteiger partial charge on any atom is -0.370 e. The summed E-state index contributed by atoms with van der Waals surface area (Å²) in [6.45, 7) is 13.1. The van der Waals surface area contributed by atoms with Gasteiger partial charge in [-0.25, -0.2) is 4.98 Å². The predicted octanol–water partition coefficient (Wildman–Crippen LogP) is 3.38. The fraction of sp³-hybridized carbons (Fsp3) is 0.667. The molecule has 0 amide bonds. The molecule has 0 spiro atoms. The Morgan fingerprint density at radius 3 is 2.72 bits per heavy atom. The summed E-state index contributed by atoms with van der Waals surface area (Å²) in [6.07, 6.45) is 3.14. The SMILES string of the molecule is CCNc1cc(CN(CC)CC(C)CC)ccn1. The average Bonchev–Trinajstić information content (AvgIpc) is 2.38. The summed E-state index contributed by atoms with van der Waals surface area (Å²) < 4.78 is 0. The number of nitrogens with zero attached hydrogens (tertiary/aromatic N) is 2. The number of aromatic nitrogens is 1. The topological polar surface area (TPSA) is 28.2 Å². The van der Waals surface area contributed by atoms with Crippen LogP contribution in [-0.4, -0.2) is 29.5 Å². The van der Waals surface area contributed by atoms with Gasteiger partial charge in [-0.2, -0.15) is 0 Å². The molecule has 0 aliphatic carbocycles. The van der Waals surface area contributed by atoms with Crippen molar-refractivity contribution in [2.75, 3.05) is 25.0 Å². The number of hydrogen-bond acceptors (Lipinski definition) is 3. The molecule has 3 nitrogen and oxygen atoms in total. The summed E-state index contributed by atoms with van der Waals surface area (Å²) in [7, 11) is 0. The normalized spacial score (nSPS) is 12.7. The maximum absolute atomic E-state index is 4.31. The summed E-state index contributed by atoms with van der Waals surface area (Å²) in [5.74, 6) is 1.75. The molecule has 0 saturated heterocycles. The molecule has 0 fully saturated rings. The molecular weight excluding hydrogens is 222 g/mol. The van der Waals surface area contributed by atoms with Crippen LogP contribution in [0.3, 0.4) is 0 Å². The Kier molecular flexibility index (Phi) is 6.73. The number of rotatable bonds is 8. The summed E-state index contributed by atoms with van der Waals surface area (Å²) in [6, 6.07) is 4.27. The molecule has 0 saturated carbocycles. The predicted molar refractivity (Wildman–Crippen MR) is 78.8 cm³/mol. The molecule has 1 heterocycles. The Hall–Kier alpha value is -1.09. The van der Waals surface area contributed by atoms with Crippen LogP contribution in [0.5, 0.6) is 0 Å². The van der Waals surface area contributed by atoms with Crippen molar-refractivity contribution in [3.05, 3.63) is 23.9 Å². The van der Waals surface area contributed by atoms with E-state index >= 15 is 0 Å². The van der Waals surface area contributed by atoms with Crippen molar-refractivity contribution >= 4 is 5.82 Å². The van der Waals surface area contributed by atoms with E-state index in [1.807, 2.05) is 6.20 Å². The van der Waals surface area contributed by atoms with E-state index in [-0.39, 0.29) is 0 Å². The van der Waals surface area contributed by atoms with Crippen molar-refractivity contribution in [1.29, 1.82) is 0 Å². The van der Waals surface area contributed by atoms with Gasteiger partial charge in [-0.1, -0.05) is 27.2 Å². The highest BCUT2D eigenvalue weighted by molar-refractivity contribution is 5.37. The second kappa shape index (κ2) is 8.09. The van der Waals surface area contributed by atoms with Gasteiger partial charge >= 0.3 is 0 Å². The van der Waals surface area contributed by atoms with Gasteiger partial charge in [-0.15, -0.1) is 0 Å². The van der Waals surface area contributed by atoms with Gasteiger partial charge < -0.3 is 5.32 Å². The van der Waals surface area contributed by atoms with E-state index < -0.39 is 0 Å². The molecule has 0 bridgehead atoms. The minimum atomic E-state index is 0.764. The molecule has 0 aromatic carbocycles. The molecule has 1 aromatic heterocycles. The van der Waals surface area contributed by atoms with Crippen molar-refractivity contribution in [1.82, 2.24) is 9.88 Å². The summed E-state index contributed by atoms with van der Waals surface area (Å²) in [4.78, 5) is 6.81. The number of pyridine rings is 1. The van der Waals surface area contributed by atoms with E-state index in [0.717, 1.165) is 31.4 Å². The van der Waals surface area contributed by atoms with Gasteiger partial charge in [0.05, 0.1) is 0 Å². The third-order valence-corrected chi connectivity index (χ3v) is 3.30. The first-order valence-electron chi connectivity index (χ1n) is 7.10. The van der Waals surface area contributed by atoms with Gasteiger partial charge in [-0.3, -0.25) is 4.90 Å². The Balaban J connectivity index is 2.60. The van der Waals surface area contributed by atoms with Gasteiger partial charge in [0.25, 0.3) is 0 Å². The number of anilines is 1. The van der Waals surface area contributed by atoms with Crippen molar-refractivity contribution in [2.45, 2.75) is 40.7 Å². The van der Waals surface area contributed by atoms with Crippen molar-refractivity contribution in [2.24, 2.45) is 5.92 Å². The minimum absolute atomic E-state index is 0.764. The van der Waals surface area contributed by atoms with Gasteiger partial charge in [0.15, 0.2) is 0 Å². The largest absolute Gasteiger partial charge is 0.370 e. The molecule has 3 heteroatoms. The van der Waals surface area contributed by atoms with Crippen LogP contribution in [0.15, 0.2) is 18.3 Å². The molecule has 1 N–H and O–H groups in total. The first-order chi connectivity index (χ1) is 8.69. The molecule has 1 aromatic rings. The van der Waals surface area contributed by atoms with E-state index in [0.29, 0.717) is 0 Å². The smallest absolute Gasteiger partial charge is 0.126 e. The molecule has 1 atom stereocenters. The lowest BCUT2D eigenvalue weighted by atomic mass is 10.1. The van der Waals surface area contributed by atoms with Crippen molar-refractivity contribution in [3.8, 4) is 0 Å². The lowest BCUT2D eigenvalue weighted by molar-refractivity contribution is 0.238. The molecule has 102 valence electrons. The highest BCUT2D eigenvalue weighted by Gasteiger charge is 2.08. The highest BCUT2D eigenvalue weighted by atomic mass is 15.1. The molecule has 0 radical (unpaired) electrons. The van der Waals surface area contributed by atoms with Gasteiger partial charge in [0, 0.05) is 25.8 Å². The molecule has 1 rings (SSSR count). The van der Waals surface area contributed by atoms with Gasteiger partial charge in [-0.05, 0) is 37.1 Å². The fourth-order valence-electron chi connectivity index (χ4n) is 1.98. The number of nitrogens with one attached hydrogen (secondary N) is 1. The Labute approximate surface area is 112 Å². The Morgan fingerprint density at radius 1 is 1.33 bits per heavy atom. The fourth-order valence-corrected chi connectivity index (χ4v) is 1.98. The van der Waals surface area contributed by atoms with E-state index in [1.54, 1.807) is 0 Å². The molecule has 0 aliphatic rings. The standard InChI is InChI=1S/C15H27N3/c1-5-13(4)11-18(7-3)12-14-8-9-17-15(10-14)16-6-2/h8-10,13H,5-7,11-12H2,1-4H3,(H,16,17). The van der Waals surface area contributed by atoms with Gasteiger partial charge in [0.1, 0.15) is 5.82 Å². The monoisotopic (exact) mass is 249 g/mol. The Bertz CT molecular complexity index is 338. The van der Waals surface area contributed by atoms with Crippen LogP contribution < -0.4 is 5.32 Å². The zero-order valence-electron chi connectivity index (χ0n) is 12.2. The Morgan fingerprint density at radius 2 is 2.11 bits per heavy atom. The van der Waals surface area contributed by atoms with Crippen LogP contribution in [0.4, 0.5) is 5.82 Å². The van der Waals surface area contributed by atoms with Crippen molar-refractivity contribution < 1.29 is 0 Å². The van der Waals surface area contributed by atoms with Crippen LogP contribution in [0.1, 0.15) is 39.7 Å². The van der Waals surface area contributed by atoms with E-state index in [9.17, 15) is 0 Å². The second-order valence-electron chi connectivity index (χ2n) is 4.92. The van der Waals surface area contributed by atoms with Crippen LogP contribution in [-0.2, 0) is 6.54 Å². The quantitative estimate of drug-likeness (QED) is 0.765. The summed E-state index contributed by atoms with van der Waals surface area (Å²) >= 11 is 0. The van der Waals surface area contributed by atoms with E-state index in [2.05, 4.69) is 55.0 Å². The third-order valence-electron chi connectivity index (χ3n) is 3.30. The van der Waals surface area contributed by atoms with E-state index in [1.165, 1.54) is 18.5 Å². The van der Waals surface area contributed by atoms with Crippen LogP contribution in [0, 0.1) is 5.92 Å². The van der Waals surface area contributed by atoms with Crippen molar-refractivity contribution in [3.63, 3.8) is 0 Å². The average molecular weight is 249 g/mol. The summed E-state index contributed by atoms with van der Waals surface area (Å²) in [5, 5.41) is 3.26. The zero-order chi connectivity index (χ0) is 13.4. The zero-order valence-corrected chi connectivity index (χ0v) is 12.2. The van der Waals surface area contributed by atoms with Crippen LogP contribution in [0.2, 0.25) is 0 Å². The highest BCUT2D eigenvalue weighted by Crippen LogP contribution is 2.12. The second-order valence-corrected chi connectivity index (χ2v) is 4.92. The van der Waals surface area contributed by atoms with Crippen LogP contribution >= 0.6 is 0 Å². The van der Waals surface area contributed by atoms with E-state index in [4.69, 9.17) is 0 Å². The molecule has 18 heavy (non-hydrogen) atoms. The first kappa shape index (κ1) is 15.0.